The minimum atomic E-state index is -1.21. The van der Waals surface area contributed by atoms with Gasteiger partial charge in [0.25, 0.3) is 0 Å². The van der Waals surface area contributed by atoms with Gasteiger partial charge in [0.15, 0.2) is 17.3 Å². The number of unbranched alkanes of at least 4 members (excludes halogenated alkanes) is 3. The van der Waals surface area contributed by atoms with Crippen molar-refractivity contribution in [2.45, 2.75) is 142 Å². The topological polar surface area (TPSA) is 283 Å². The zero-order valence-corrected chi connectivity index (χ0v) is 34.2. The molecule has 0 aliphatic carbocycles. The van der Waals surface area contributed by atoms with E-state index in [9.17, 15) is 43.5 Å². The molecule has 0 aromatic rings. The van der Waals surface area contributed by atoms with E-state index in [1.54, 1.807) is 13.8 Å². The second-order valence-corrected chi connectivity index (χ2v) is 14.9. The summed E-state index contributed by atoms with van der Waals surface area (Å²) in [6, 6.07) is -4.25. The van der Waals surface area contributed by atoms with E-state index >= 15 is 0 Å². The molecule has 0 aliphatic rings. The average Bonchev–Trinajstić information content (AvgIpc) is 3.15. The molecule has 0 bridgehead atoms. The number of terminal acetylenes is 2. The van der Waals surface area contributed by atoms with Crippen molar-refractivity contribution in [3.05, 3.63) is 0 Å². The lowest BCUT2D eigenvalue weighted by Crippen LogP contribution is -2.48. The Balaban J connectivity index is 5.81. The lowest BCUT2D eigenvalue weighted by atomic mass is 9.90. The second kappa shape index (κ2) is 29.6. The predicted octanol–water partition coefficient (Wildman–Crippen LogP) is 0.866. The molecule has 0 unspecified atom stereocenters. The molecular weight excluding hydrogens is 734 g/mol. The van der Waals surface area contributed by atoms with Crippen LogP contribution in [0.15, 0.2) is 0 Å². The van der Waals surface area contributed by atoms with Crippen LogP contribution in [0.25, 0.3) is 0 Å². The third-order valence-electron chi connectivity index (χ3n) is 9.57. The Hall–Kier alpha value is -4.64. The van der Waals surface area contributed by atoms with Gasteiger partial charge < -0.3 is 43.6 Å². The quantitative estimate of drug-likeness (QED) is 0.0348. The first kappa shape index (κ1) is 52.4. The zero-order chi connectivity index (χ0) is 43.5. The molecule has 0 aromatic carbocycles. The highest BCUT2D eigenvalue weighted by Crippen LogP contribution is 2.19. The highest BCUT2D eigenvalue weighted by molar-refractivity contribution is 5.97. The number of nitrogens with two attached hydrogens (primary N) is 3. The molecule has 0 heterocycles. The molecule has 0 aliphatic heterocycles. The fourth-order valence-electron chi connectivity index (χ4n) is 5.88. The van der Waals surface area contributed by atoms with Gasteiger partial charge in [-0.15, -0.1) is 24.7 Å². The number of nitrogens with one attached hydrogen (secondary N) is 4. The number of ketones is 3. The third kappa shape index (κ3) is 21.5. The van der Waals surface area contributed by atoms with E-state index in [0.29, 0.717) is 64.6 Å². The van der Waals surface area contributed by atoms with E-state index in [1.165, 1.54) is 13.8 Å². The van der Waals surface area contributed by atoms with Crippen LogP contribution in [0.5, 0.6) is 0 Å². The van der Waals surface area contributed by atoms with E-state index in [0.717, 1.165) is 0 Å². The van der Waals surface area contributed by atoms with E-state index in [-0.39, 0.29) is 62.6 Å². The molecule has 7 atom stereocenters. The van der Waals surface area contributed by atoms with Gasteiger partial charge >= 0.3 is 5.97 Å². The summed E-state index contributed by atoms with van der Waals surface area (Å²) in [5, 5.41) is 20.0. The Labute approximate surface area is 338 Å². The number of aliphatic carboxylic acids is 1. The standard InChI is InChI=1S/C41H67N7O9/c1-7-15-29(25-36(51)32(18-10-13-21-43)46-37(52)26(3)4)39(54)45-28(6)34(49)24-30(17-9-12-20-42)40(55)47-31(16-8-2)35(50)23-27(5)38(53)48-33(41(56)57)19-11-14-22-44/h1-2,26-33H,9-25,42-44H2,3-6H3,(H,45,54)(H,46,52)(H,47,55)(H,48,53)(H,56,57)/t27-,28+,29-,30-,31+,32+,33+/m1/s1. The monoisotopic (exact) mass is 802 g/mol. The fourth-order valence-corrected chi connectivity index (χ4v) is 5.88. The van der Waals surface area contributed by atoms with Crippen molar-refractivity contribution in [2.75, 3.05) is 19.6 Å². The molecule has 11 N–H and O–H groups in total. The Morgan fingerprint density at radius 3 is 1.49 bits per heavy atom. The summed E-state index contributed by atoms with van der Waals surface area (Å²) >= 11 is 0. The van der Waals surface area contributed by atoms with Gasteiger partial charge in [0.05, 0.1) is 24.0 Å². The van der Waals surface area contributed by atoms with Crippen molar-refractivity contribution in [3.8, 4) is 24.7 Å². The van der Waals surface area contributed by atoms with E-state index in [4.69, 9.17) is 30.0 Å². The molecule has 0 rings (SSSR count). The summed E-state index contributed by atoms with van der Waals surface area (Å²) in [5.41, 5.74) is 16.7. The Morgan fingerprint density at radius 1 is 0.526 bits per heavy atom. The van der Waals surface area contributed by atoms with E-state index in [1.807, 2.05) is 0 Å². The average molecular weight is 802 g/mol. The Morgan fingerprint density at radius 2 is 0.982 bits per heavy atom. The highest BCUT2D eigenvalue weighted by atomic mass is 16.4. The van der Waals surface area contributed by atoms with Gasteiger partial charge in [-0.25, -0.2) is 4.79 Å². The van der Waals surface area contributed by atoms with Gasteiger partial charge in [0.2, 0.25) is 23.6 Å². The number of rotatable bonds is 32. The highest BCUT2D eigenvalue weighted by Gasteiger charge is 2.33. The van der Waals surface area contributed by atoms with Gasteiger partial charge in [-0.1, -0.05) is 27.2 Å². The molecule has 0 radical (unpaired) electrons. The molecular formula is C41H67N7O9. The maximum Gasteiger partial charge on any atom is 0.326 e. The SMILES string of the molecule is C#CC[C@H](CC(=O)[C@H](CCCCN)NC(=O)C(C)C)C(=O)N[C@@H](C)C(=O)C[C@@H](CCCCN)C(=O)N[C@@H](CC#C)C(=O)C[C@@H](C)C(=O)N[C@@H](CCCCN)C(=O)O. The lowest BCUT2D eigenvalue weighted by Gasteiger charge is -2.24. The molecule has 16 heteroatoms. The van der Waals surface area contributed by atoms with Crippen LogP contribution in [0.2, 0.25) is 0 Å². The maximum absolute atomic E-state index is 13.6. The summed E-state index contributed by atoms with van der Waals surface area (Å²) in [6.45, 7) is 7.44. The van der Waals surface area contributed by atoms with Crippen LogP contribution in [0.3, 0.4) is 0 Å². The number of carboxylic acid groups (broad SMARTS) is 1. The summed E-state index contributed by atoms with van der Waals surface area (Å²) in [7, 11) is 0. The lowest BCUT2D eigenvalue weighted by molar-refractivity contribution is -0.142. The zero-order valence-electron chi connectivity index (χ0n) is 34.2. The molecule has 0 aromatic heterocycles. The smallest absolute Gasteiger partial charge is 0.326 e. The van der Waals surface area contributed by atoms with Crippen LogP contribution >= 0.6 is 0 Å². The summed E-state index contributed by atoms with van der Waals surface area (Å²) in [6.07, 6.45) is 13.9. The van der Waals surface area contributed by atoms with E-state index in [2.05, 4.69) is 33.1 Å². The minimum Gasteiger partial charge on any atom is -0.480 e. The van der Waals surface area contributed by atoms with Gasteiger partial charge in [0, 0.05) is 49.9 Å². The largest absolute Gasteiger partial charge is 0.480 e. The van der Waals surface area contributed by atoms with Crippen LogP contribution < -0.4 is 38.5 Å². The molecule has 16 nitrogen and oxygen atoms in total. The van der Waals surface area contributed by atoms with Gasteiger partial charge in [-0.05, 0) is 77.9 Å². The molecule has 0 spiro atoms. The normalized spacial score (nSPS) is 14.6. The van der Waals surface area contributed by atoms with Crippen LogP contribution in [-0.4, -0.2) is 95.9 Å². The Kier molecular flexibility index (Phi) is 27.2. The van der Waals surface area contributed by atoms with Crippen molar-refractivity contribution in [1.29, 1.82) is 0 Å². The second-order valence-electron chi connectivity index (χ2n) is 14.9. The van der Waals surface area contributed by atoms with Crippen LogP contribution in [0.1, 0.15) is 118 Å². The number of carboxylic acids is 1. The van der Waals surface area contributed by atoms with Gasteiger partial charge in [-0.2, -0.15) is 0 Å². The van der Waals surface area contributed by atoms with Crippen molar-refractivity contribution in [3.63, 3.8) is 0 Å². The first-order valence-electron chi connectivity index (χ1n) is 20.0. The van der Waals surface area contributed by atoms with Crippen LogP contribution in [0.4, 0.5) is 0 Å². The fraction of sp³-hybridized carbons (Fsp3) is 0.707. The molecule has 0 saturated heterocycles. The van der Waals surface area contributed by atoms with E-state index < -0.39 is 77.2 Å². The van der Waals surface area contributed by atoms with Gasteiger partial charge in [-0.3, -0.25) is 33.6 Å². The molecule has 0 saturated carbocycles. The predicted molar refractivity (Wildman–Crippen MR) is 217 cm³/mol. The number of hydrogen-bond donors (Lipinski definition) is 8. The first-order chi connectivity index (χ1) is 27.0. The minimum absolute atomic E-state index is 0.101. The number of amides is 4. The van der Waals surface area contributed by atoms with Crippen molar-refractivity contribution < 1.29 is 43.5 Å². The first-order valence-corrected chi connectivity index (χ1v) is 20.0. The summed E-state index contributed by atoms with van der Waals surface area (Å²) < 4.78 is 0. The van der Waals surface area contributed by atoms with Crippen LogP contribution in [-0.2, 0) is 38.4 Å². The summed E-state index contributed by atoms with van der Waals surface area (Å²) in [4.78, 5) is 104. The molecule has 0 fully saturated rings. The third-order valence-corrected chi connectivity index (χ3v) is 9.57. The van der Waals surface area contributed by atoms with Gasteiger partial charge in [0.1, 0.15) is 6.04 Å². The molecule has 320 valence electrons. The number of hydrogen-bond acceptors (Lipinski definition) is 11. The van der Waals surface area contributed by atoms with Crippen LogP contribution in [0, 0.1) is 48.4 Å². The number of carbonyl (C=O) groups excluding carboxylic acids is 7. The van der Waals surface area contributed by atoms with Crippen molar-refractivity contribution in [2.24, 2.45) is 40.9 Å². The van der Waals surface area contributed by atoms with Crippen molar-refractivity contribution in [1.82, 2.24) is 21.3 Å². The molecule has 57 heavy (non-hydrogen) atoms. The molecule has 4 amide bonds. The number of Topliss-reactive ketones (excluding diaryl/α,β-unsaturated/α-hetero) is 3. The maximum atomic E-state index is 13.6. The number of carbonyl (C=O) groups is 8. The summed E-state index contributed by atoms with van der Waals surface area (Å²) in [5.74, 6) is -3.31. The van der Waals surface area contributed by atoms with Crippen molar-refractivity contribution >= 4 is 46.9 Å². The Bertz CT molecular complexity index is 1420.